The Morgan fingerprint density at radius 1 is 1.60 bits per heavy atom. The van der Waals surface area contributed by atoms with Gasteiger partial charge in [-0.2, -0.15) is 0 Å². The normalized spacial score (nSPS) is 11.6. The third kappa shape index (κ3) is 5.35. The van der Waals surface area contributed by atoms with Gasteiger partial charge in [-0.1, -0.05) is 25.0 Å². The van der Waals surface area contributed by atoms with E-state index in [0.29, 0.717) is 0 Å². The van der Waals surface area contributed by atoms with Crippen molar-refractivity contribution >= 4 is 5.97 Å². The summed E-state index contributed by atoms with van der Waals surface area (Å²) >= 11 is 0. The number of hydrogen-bond acceptors (Lipinski definition) is 1. The molecule has 0 saturated carbocycles. The van der Waals surface area contributed by atoms with Crippen molar-refractivity contribution in [3.8, 4) is 0 Å². The van der Waals surface area contributed by atoms with Crippen LogP contribution in [0.25, 0.3) is 0 Å². The van der Waals surface area contributed by atoms with E-state index in [9.17, 15) is 4.79 Å². The lowest BCUT2D eigenvalue weighted by Crippen LogP contribution is -1.94. The van der Waals surface area contributed by atoms with Gasteiger partial charge in [0.05, 0.1) is 6.42 Å². The van der Waals surface area contributed by atoms with Gasteiger partial charge in [-0.25, -0.2) is 0 Å². The van der Waals surface area contributed by atoms with E-state index in [2.05, 4.69) is 6.92 Å². The average Bonchev–Trinajstić information content (AvgIpc) is 1.82. The van der Waals surface area contributed by atoms with E-state index in [1.165, 1.54) is 0 Å². The maximum atomic E-state index is 10.1. The summed E-state index contributed by atoms with van der Waals surface area (Å²) in [6.45, 7) is 3.92. The molecule has 0 rings (SSSR count). The minimum Gasteiger partial charge on any atom is -0.481 e. The molecule has 0 aromatic heterocycles. The number of unbranched alkanes of at least 4 members (excludes halogenated alkanes) is 1. The highest BCUT2D eigenvalue weighted by Crippen LogP contribution is 2.02. The Hall–Kier alpha value is -0.790. The van der Waals surface area contributed by atoms with Crippen LogP contribution in [0, 0.1) is 0 Å². The fraction of sp³-hybridized carbons (Fsp3) is 0.625. The van der Waals surface area contributed by atoms with E-state index < -0.39 is 5.97 Å². The average molecular weight is 142 g/mol. The summed E-state index contributed by atoms with van der Waals surface area (Å²) in [6.07, 6.45) is 4.23. The van der Waals surface area contributed by atoms with Gasteiger partial charge in [0, 0.05) is 0 Å². The van der Waals surface area contributed by atoms with Gasteiger partial charge in [-0.15, -0.1) is 0 Å². The third-order valence-corrected chi connectivity index (χ3v) is 1.21. The van der Waals surface area contributed by atoms with Crippen molar-refractivity contribution in [3.63, 3.8) is 0 Å². The molecule has 0 saturated heterocycles. The van der Waals surface area contributed by atoms with Crippen LogP contribution in [0.15, 0.2) is 11.6 Å². The van der Waals surface area contributed by atoms with Crippen LogP contribution < -0.4 is 0 Å². The SMILES string of the molecule is CCCC=C(C)CC(=O)O. The molecule has 0 heterocycles. The first-order valence-corrected chi connectivity index (χ1v) is 3.54. The summed E-state index contributed by atoms with van der Waals surface area (Å²) in [7, 11) is 0. The highest BCUT2D eigenvalue weighted by Gasteiger charge is 1.96. The third-order valence-electron chi connectivity index (χ3n) is 1.21. The Balaban J connectivity index is 3.59. The van der Waals surface area contributed by atoms with Gasteiger partial charge >= 0.3 is 5.97 Å². The summed E-state index contributed by atoms with van der Waals surface area (Å²) in [5.74, 6) is -0.746. The number of carboxylic acid groups (broad SMARTS) is 1. The van der Waals surface area contributed by atoms with E-state index in [1.807, 2.05) is 13.0 Å². The summed E-state index contributed by atoms with van der Waals surface area (Å²) in [5, 5.41) is 8.34. The van der Waals surface area contributed by atoms with Gasteiger partial charge in [-0.3, -0.25) is 4.79 Å². The maximum Gasteiger partial charge on any atom is 0.307 e. The number of hydrogen-bond donors (Lipinski definition) is 1. The van der Waals surface area contributed by atoms with E-state index in [4.69, 9.17) is 5.11 Å². The van der Waals surface area contributed by atoms with Crippen molar-refractivity contribution in [1.29, 1.82) is 0 Å². The second-order valence-corrected chi connectivity index (χ2v) is 2.41. The highest BCUT2D eigenvalue weighted by atomic mass is 16.4. The summed E-state index contributed by atoms with van der Waals surface area (Å²) in [5.41, 5.74) is 0.953. The van der Waals surface area contributed by atoms with Crippen molar-refractivity contribution < 1.29 is 9.90 Å². The Kier molecular flexibility index (Phi) is 4.63. The molecule has 0 spiro atoms. The molecule has 0 amide bonds. The lowest BCUT2D eigenvalue weighted by Gasteiger charge is -1.93. The molecule has 2 nitrogen and oxygen atoms in total. The second-order valence-electron chi connectivity index (χ2n) is 2.41. The molecule has 58 valence electrons. The zero-order chi connectivity index (χ0) is 7.98. The van der Waals surface area contributed by atoms with Crippen molar-refractivity contribution in [1.82, 2.24) is 0 Å². The quantitative estimate of drug-likeness (QED) is 0.611. The fourth-order valence-electron chi connectivity index (χ4n) is 0.701. The molecule has 0 aliphatic carbocycles. The predicted octanol–water partition coefficient (Wildman–Crippen LogP) is 2.21. The van der Waals surface area contributed by atoms with Gasteiger partial charge in [-0.05, 0) is 13.3 Å². The molecule has 0 fully saturated rings. The first-order valence-electron chi connectivity index (χ1n) is 3.54. The van der Waals surface area contributed by atoms with Crippen LogP contribution >= 0.6 is 0 Å². The van der Waals surface area contributed by atoms with E-state index in [1.54, 1.807) is 0 Å². The lowest BCUT2D eigenvalue weighted by molar-refractivity contribution is -0.136. The Morgan fingerprint density at radius 2 is 2.20 bits per heavy atom. The van der Waals surface area contributed by atoms with Crippen molar-refractivity contribution in [3.05, 3.63) is 11.6 Å². The molecule has 1 N–H and O–H groups in total. The van der Waals surface area contributed by atoms with Crippen LogP contribution in [-0.4, -0.2) is 11.1 Å². The lowest BCUT2D eigenvalue weighted by atomic mass is 10.1. The molecule has 0 aliphatic heterocycles. The molecule has 0 aliphatic rings. The zero-order valence-corrected chi connectivity index (χ0v) is 6.55. The Labute approximate surface area is 61.6 Å². The number of aliphatic carboxylic acids is 1. The molecule has 0 bridgehead atoms. The molecule has 0 aromatic carbocycles. The number of carboxylic acids is 1. The molecule has 0 unspecified atom stereocenters. The van der Waals surface area contributed by atoms with Crippen LogP contribution in [0.5, 0.6) is 0 Å². The van der Waals surface area contributed by atoms with Crippen LogP contribution in [0.1, 0.15) is 33.1 Å². The molecular weight excluding hydrogens is 128 g/mol. The van der Waals surface area contributed by atoms with Crippen LogP contribution in [0.4, 0.5) is 0 Å². The first-order chi connectivity index (χ1) is 4.66. The first kappa shape index (κ1) is 9.21. The Bertz CT molecular complexity index is 136. The van der Waals surface area contributed by atoms with Crippen LogP contribution in [0.3, 0.4) is 0 Å². The molecule has 0 radical (unpaired) electrons. The molecular formula is C8H14O2. The molecule has 2 heteroatoms. The van der Waals surface area contributed by atoms with Gasteiger partial charge in [0.2, 0.25) is 0 Å². The van der Waals surface area contributed by atoms with Crippen LogP contribution in [0.2, 0.25) is 0 Å². The minimum atomic E-state index is -0.746. The Morgan fingerprint density at radius 3 is 2.60 bits per heavy atom. The van der Waals surface area contributed by atoms with Gasteiger partial charge in [0.25, 0.3) is 0 Å². The molecule has 10 heavy (non-hydrogen) atoms. The summed E-state index contributed by atoms with van der Waals surface area (Å²) < 4.78 is 0. The fourth-order valence-corrected chi connectivity index (χ4v) is 0.701. The standard InChI is InChI=1S/C8H14O2/c1-3-4-5-7(2)6-8(9)10/h5H,3-4,6H2,1-2H3,(H,9,10). The summed E-state index contributed by atoms with van der Waals surface area (Å²) in [6, 6.07) is 0. The van der Waals surface area contributed by atoms with E-state index in [-0.39, 0.29) is 6.42 Å². The number of rotatable bonds is 4. The van der Waals surface area contributed by atoms with Gasteiger partial charge < -0.3 is 5.11 Å². The zero-order valence-electron chi connectivity index (χ0n) is 6.55. The van der Waals surface area contributed by atoms with Crippen molar-refractivity contribution in [2.45, 2.75) is 33.1 Å². The number of allylic oxidation sites excluding steroid dienone is 1. The van der Waals surface area contributed by atoms with E-state index >= 15 is 0 Å². The predicted molar refractivity (Wildman–Crippen MR) is 40.9 cm³/mol. The summed E-state index contributed by atoms with van der Waals surface area (Å²) in [4.78, 5) is 10.1. The molecule has 0 atom stereocenters. The topological polar surface area (TPSA) is 37.3 Å². The monoisotopic (exact) mass is 142 g/mol. The maximum absolute atomic E-state index is 10.1. The van der Waals surface area contributed by atoms with Gasteiger partial charge in [0.15, 0.2) is 0 Å². The van der Waals surface area contributed by atoms with Crippen LogP contribution in [-0.2, 0) is 4.79 Å². The number of carbonyl (C=O) groups is 1. The minimum absolute atomic E-state index is 0.181. The smallest absolute Gasteiger partial charge is 0.307 e. The second kappa shape index (κ2) is 5.03. The van der Waals surface area contributed by atoms with E-state index in [0.717, 1.165) is 18.4 Å². The van der Waals surface area contributed by atoms with Crippen molar-refractivity contribution in [2.24, 2.45) is 0 Å². The van der Waals surface area contributed by atoms with Gasteiger partial charge in [0.1, 0.15) is 0 Å². The van der Waals surface area contributed by atoms with Crippen molar-refractivity contribution in [2.75, 3.05) is 0 Å². The largest absolute Gasteiger partial charge is 0.481 e. The molecule has 0 aromatic rings. The highest BCUT2D eigenvalue weighted by molar-refractivity contribution is 5.69.